The number of halogens is 1. The molecule has 2 rings (SSSR count). The zero-order valence-corrected chi connectivity index (χ0v) is 11.3. The summed E-state index contributed by atoms with van der Waals surface area (Å²) in [6.45, 7) is 5.02. The molecule has 17 heavy (non-hydrogen) atoms. The Morgan fingerprint density at radius 1 is 1.53 bits per heavy atom. The molecule has 0 aliphatic carbocycles. The van der Waals surface area contributed by atoms with Gasteiger partial charge < -0.3 is 9.84 Å². The van der Waals surface area contributed by atoms with Gasteiger partial charge in [-0.1, -0.05) is 12.1 Å². The second-order valence-corrected chi connectivity index (χ2v) is 4.28. The van der Waals surface area contributed by atoms with Crippen molar-refractivity contribution in [2.75, 3.05) is 20.1 Å². The third-order valence-electron chi connectivity index (χ3n) is 3.10. The lowest BCUT2D eigenvalue weighted by molar-refractivity contribution is 0.232. The number of nitrogens with zero attached hydrogens (tertiary/aromatic N) is 3. The van der Waals surface area contributed by atoms with Gasteiger partial charge >= 0.3 is 0 Å². The van der Waals surface area contributed by atoms with Crippen molar-refractivity contribution in [2.24, 2.45) is 0 Å². The summed E-state index contributed by atoms with van der Waals surface area (Å²) in [6, 6.07) is 0.619. The van der Waals surface area contributed by atoms with Crippen molar-refractivity contribution in [2.45, 2.75) is 38.8 Å². The van der Waals surface area contributed by atoms with E-state index in [9.17, 15) is 0 Å². The maximum atomic E-state index is 5.12. The number of hydrogen-bond acceptors (Lipinski definition) is 5. The van der Waals surface area contributed by atoms with Gasteiger partial charge in [-0.25, -0.2) is 0 Å². The zero-order chi connectivity index (χ0) is 11.4. The first-order chi connectivity index (χ1) is 7.83. The number of nitrogens with one attached hydrogen (secondary N) is 1. The SMILES string of the molecule is CCc1nc(CN2CCCC2CNC)no1.Cl. The van der Waals surface area contributed by atoms with Crippen molar-refractivity contribution in [1.29, 1.82) is 0 Å². The molecule has 6 heteroatoms. The van der Waals surface area contributed by atoms with Gasteiger partial charge in [-0.2, -0.15) is 4.98 Å². The molecule has 0 saturated carbocycles. The molecule has 0 radical (unpaired) electrons. The van der Waals surface area contributed by atoms with Crippen LogP contribution in [0.2, 0.25) is 0 Å². The zero-order valence-electron chi connectivity index (χ0n) is 10.5. The van der Waals surface area contributed by atoms with Crippen LogP contribution in [0.1, 0.15) is 31.5 Å². The van der Waals surface area contributed by atoms with E-state index in [1.807, 2.05) is 14.0 Å². The average molecular weight is 261 g/mol. The fraction of sp³-hybridized carbons (Fsp3) is 0.818. The quantitative estimate of drug-likeness (QED) is 0.863. The van der Waals surface area contributed by atoms with Crippen LogP contribution < -0.4 is 5.32 Å². The first kappa shape index (κ1) is 14.4. The molecular formula is C11H21ClN4O. The van der Waals surface area contributed by atoms with Gasteiger partial charge in [0.2, 0.25) is 5.89 Å². The minimum absolute atomic E-state index is 0. The van der Waals surface area contributed by atoms with Gasteiger partial charge in [0.15, 0.2) is 5.82 Å². The van der Waals surface area contributed by atoms with E-state index in [0.717, 1.165) is 37.8 Å². The lowest BCUT2D eigenvalue weighted by Gasteiger charge is -2.22. The number of aromatic nitrogens is 2. The molecule has 5 nitrogen and oxygen atoms in total. The van der Waals surface area contributed by atoms with Crippen LogP contribution in [0.4, 0.5) is 0 Å². The van der Waals surface area contributed by atoms with Gasteiger partial charge in [0.05, 0.1) is 6.54 Å². The van der Waals surface area contributed by atoms with Gasteiger partial charge in [0, 0.05) is 19.0 Å². The lowest BCUT2D eigenvalue weighted by Crippen LogP contribution is -2.36. The third kappa shape index (κ3) is 3.66. The maximum absolute atomic E-state index is 5.12. The summed E-state index contributed by atoms with van der Waals surface area (Å²) in [6.07, 6.45) is 3.34. The standard InChI is InChI=1S/C11H20N4O.ClH/c1-3-11-13-10(14-16-11)8-15-6-4-5-9(15)7-12-2;/h9,12H,3-8H2,1-2H3;1H. The normalized spacial score (nSPS) is 20.5. The van der Waals surface area contributed by atoms with E-state index in [1.165, 1.54) is 12.8 Å². The first-order valence-corrected chi connectivity index (χ1v) is 6.03. The lowest BCUT2D eigenvalue weighted by atomic mass is 10.2. The van der Waals surface area contributed by atoms with E-state index in [4.69, 9.17) is 4.52 Å². The molecule has 1 aromatic rings. The van der Waals surface area contributed by atoms with Crippen LogP contribution in [-0.2, 0) is 13.0 Å². The minimum Gasteiger partial charge on any atom is -0.339 e. The monoisotopic (exact) mass is 260 g/mol. The molecule has 0 bridgehead atoms. The van der Waals surface area contributed by atoms with Crippen LogP contribution in [0, 0.1) is 0 Å². The topological polar surface area (TPSA) is 54.2 Å². The average Bonchev–Trinajstić information content (AvgIpc) is 2.90. The summed E-state index contributed by atoms with van der Waals surface area (Å²) in [4.78, 5) is 6.78. The predicted molar refractivity (Wildman–Crippen MR) is 68.3 cm³/mol. The third-order valence-corrected chi connectivity index (χ3v) is 3.10. The summed E-state index contributed by atoms with van der Waals surface area (Å²) in [7, 11) is 2.00. The Kier molecular flexibility index (Phi) is 5.88. The molecule has 1 aromatic heterocycles. The molecular weight excluding hydrogens is 240 g/mol. The molecule has 1 aliphatic rings. The van der Waals surface area contributed by atoms with Crippen molar-refractivity contribution in [3.8, 4) is 0 Å². The van der Waals surface area contributed by atoms with Crippen LogP contribution >= 0.6 is 12.4 Å². The van der Waals surface area contributed by atoms with Crippen LogP contribution in [0.3, 0.4) is 0 Å². The Bertz CT molecular complexity index is 331. The Labute approximate surface area is 108 Å². The molecule has 1 atom stereocenters. The highest BCUT2D eigenvalue weighted by Crippen LogP contribution is 2.18. The van der Waals surface area contributed by atoms with E-state index in [0.29, 0.717) is 6.04 Å². The van der Waals surface area contributed by atoms with Gasteiger partial charge in [-0.05, 0) is 26.4 Å². The van der Waals surface area contributed by atoms with E-state index < -0.39 is 0 Å². The van der Waals surface area contributed by atoms with Gasteiger partial charge in [0.25, 0.3) is 0 Å². The number of likely N-dealkylation sites (N-methyl/N-ethyl adjacent to an activating group) is 1. The van der Waals surface area contributed by atoms with E-state index in [2.05, 4.69) is 20.4 Å². The summed E-state index contributed by atoms with van der Waals surface area (Å²) in [5.74, 6) is 1.55. The molecule has 1 unspecified atom stereocenters. The Morgan fingerprint density at radius 3 is 3.00 bits per heavy atom. The molecule has 1 N–H and O–H groups in total. The highest BCUT2D eigenvalue weighted by Gasteiger charge is 2.25. The second-order valence-electron chi connectivity index (χ2n) is 4.28. The molecule has 0 spiro atoms. The van der Waals surface area contributed by atoms with Crippen molar-refractivity contribution in [1.82, 2.24) is 20.4 Å². The van der Waals surface area contributed by atoms with Crippen molar-refractivity contribution in [3.63, 3.8) is 0 Å². The van der Waals surface area contributed by atoms with Crippen molar-refractivity contribution >= 4 is 12.4 Å². The van der Waals surface area contributed by atoms with Crippen LogP contribution in [0.5, 0.6) is 0 Å². The number of likely N-dealkylation sites (tertiary alicyclic amines) is 1. The second kappa shape index (κ2) is 6.93. The van der Waals surface area contributed by atoms with E-state index >= 15 is 0 Å². The fourth-order valence-electron chi connectivity index (χ4n) is 2.25. The summed E-state index contributed by atoms with van der Waals surface area (Å²) < 4.78 is 5.12. The molecule has 1 fully saturated rings. The number of aryl methyl sites for hydroxylation is 1. The molecule has 0 amide bonds. The van der Waals surface area contributed by atoms with Crippen LogP contribution in [0.25, 0.3) is 0 Å². The fourth-order valence-corrected chi connectivity index (χ4v) is 2.25. The molecule has 2 heterocycles. The van der Waals surface area contributed by atoms with Crippen molar-refractivity contribution < 1.29 is 4.52 Å². The Morgan fingerprint density at radius 2 is 2.35 bits per heavy atom. The Hall–Kier alpha value is -0.650. The number of hydrogen-bond donors (Lipinski definition) is 1. The Balaban J connectivity index is 0.00000144. The molecule has 1 saturated heterocycles. The maximum Gasteiger partial charge on any atom is 0.226 e. The predicted octanol–water partition coefficient (Wildman–Crippen LogP) is 1.24. The smallest absolute Gasteiger partial charge is 0.226 e. The van der Waals surface area contributed by atoms with E-state index in [-0.39, 0.29) is 12.4 Å². The summed E-state index contributed by atoms with van der Waals surface area (Å²) in [5, 5.41) is 7.23. The highest BCUT2D eigenvalue weighted by molar-refractivity contribution is 5.85. The number of rotatable bonds is 5. The molecule has 1 aliphatic heterocycles. The summed E-state index contributed by atoms with van der Waals surface area (Å²) in [5.41, 5.74) is 0. The highest BCUT2D eigenvalue weighted by atomic mass is 35.5. The molecule has 98 valence electrons. The van der Waals surface area contributed by atoms with E-state index in [1.54, 1.807) is 0 Å². The minimum atomic E-state index is 0. The first-order valence-electron chi connectivity index (χ1n) is 6.03. The van der Waals surface area contributed by atoms with Crippen molar-refractivity contribution in [3.05, 3.63) is 11.7 Å². The molecule has 0 aromatic carbocycles. The van der Waals surface area contributed by atoms with Crippen LogP contribution in [0.15, 0.2) is 4.52 Å². The van der Waals surface area contributed by atoms with Gasteiger partial charge in [-0.3, -0.25) is 4.90 Å². The van der Waals surface area contributed by atoms with Crippen LogP contribution in [-0.4, -0.2) is 41.2 Å². The van der Waals surface area contributed by atoms with Gasteiger partial charge in [-0.15, -0.1) is 12.4 Å². The largest absolute Gasteiger partial charge is 0.339 e. The van der Waals surface area contributed by atoms with Gasteiger partial charge in [0.1, 0.15) is 0 Å². The summed E-state index contributed by atoms with van der Waals surface area (Å²) >= 11 is 0.